The fourth-order valence-electron chi connectivity index (χ4n) is 2.91. The SMILES string of the molecule is CNC1CCCC1N(C(=O)CCCl)c1ccc(Cl)cc1. The molecule has 1 saturated carbocycles. The molecule has 0 aliphatic heterocycles. The van der Waals surface area contributed by atoms with Crippen LogP contribution in [-0.2, 0) is 4.79 Å². The summed E-state index contributed by atoms with van der Waals surface area (Å²) in [5.41, 5.74) is 0.900. The number of amides is 1. The summed E-state index contributed by atoms with van der Waals surface area (Å²) in [6.45, 7) is 0. The molecule has 3 nitrogen and oxygen atoms in total. The summed E-state index contributed by atoms with van der Waals surface area (Å²) in [5.74, 6) is 0.425. The van der Waals surface area contributed by atoms with E-state index in [1.54, 1.807) is 0 Å². The lowest BCUT2D eigenvalue weighted by atomic mass is 10.1. The highest BCUT2D eigenvalue weighted by molar-refractivity contribution is 6.30. The molecular formula is C15H20Cl2N2O. The minimum Gasteiger partial charge on any atom is -0.315 e. The van der Waals surface area contributed by atoms with E-state index >= 15 is 0 Å². The first kappa shape index (κ1) is 15.6. The second-order valence-corrected chi connectivity index (χ2v) is 5.89. The van der Waals surface area contributed by atoms with E-state index in [1.807, 2.05) is 36.2 Å². The van der Waals surface area contributed by atoms with Crippen molar-refractivity contribution in [2.45, 2.75) is 37.8 Å². The standard InChI is InChI=1S/C15H20Cl2N2O/c1-18-13-3-2-4-14(13)19(15(20)9-10-16)12-7-5-11(17)6-8-12/h5-8,13-14,18H,2-4,9-10H2,1H3. The Morgan fingerprint density at radius 1 is 1.35 bits per heavy atom. The Labute approximate surface area is 130 Å². The number of nitrogens with zero attached hydrogens (tertiary/aromatic N) is 1. The van der Waals surface area contributed by atoms with Crippen LogP contribution in [0, 0.1) is 0 Å². The third kappa shape index (κ3) is 3.46. The van der Waals surface area contributed by atoms with Crippen molar-refractivity contribution >= 4 is 34.8 Å². The predicted molar refractivity (Wildman–Crippen MR) is 84.8 cm³/mol. The van der Waals surface area contributed by atoms with Gasteiger partial charge >= 0.3 is 0 Å². The van der Waals surface area contributed by atoms with Crippen LogP contribution in [0.2, 0.25) is 5.02 Å². The van der Waals surface area contributed by atoms with Gasteiger partial charge in [0.1, 0.15) is 0 Å². The van der Waals surface area contributed by atoms with E-state index in [0.717, 1.165) is 24.9 Å². The van der Waals surface area contributed by atoms with Crippen molar-refractivity contribution in [2.75, 3.05) is 17.8 Å². The van der Waals surface area contributed by atoms with Gasteiger partial charge < -0.3 is 10.2 Å². The van der Waals surface area contributed by atoms with Crippen molar-refractivity contribution in [3.8, 4) is 0 Å². The quantitative estimate of drug-likeness (QED) is 0.844. The molecule has 2 unspecified atom stereocenters. The van der Waals surface area contributed by atoms with Crippen LogP contribution in [0.5, 0.6) is 0 Å². The van der Waals surface area contributed by atoms with Gasteiger partial charge in [-0.1, -0.05) is 11.6 Å². The molecule has 0 heterocycles. The minimum atomic E-state index is 0.0782. The van der Waals surface area contributed by atoms with Gasteiger partial charge in [-0.3, -0.25) is 4.79 Å². The van der Waals surface area contributed by atoms with Crippen LogP contribution >= 0.6 is 23.2 Å². The lowest BCUT2D eigenvalue weighted by Crippen LogP contribution is -2.49. The zero-order valence-corrected chi connectivity index (χ0v) is 13.1. The second-order valence-electron chi connectivity index (χ2n) is 5.07. The summed E-state index contributed by atoms with van der Waals surface area (Å²) in [6, 6.07) is 7.98. The molecule has 110 valence electrons. The largest absolute Gasteiger partial charge is 0.315 e. The summed E-state index contributed by atoms with van der Waals surface area (Å²) >= 11 is 11.7. The van der Waals surface area contributed by atoms with Crippen LogP contribution in [-0.4, -0.2) is 30.9 Å². The normalized spacial score (nSPS) is 21.9. The summed E-state index contributed by atoms with van der Waals surface area (Å²) < 4.78 is 0. The first-order valence-electron chi connectivity index (χ1n) is 6.98. The van der Waals surface area contributed by atoms with E-state index in [1.165, 1.54) is 0 Å². The molecule has 1 fully saturated rings. The van der Waals surface area contributed by atoms with Gasteiger partial charge in [0.2, 0.25) is 5.91 Å². The van der Waals surface area contributed by atoms with Gasteiger partial charge in [-0.25, -0.2) is 0 Å². The fourth-order valence-corrected chi connectivity index (χ4v) is 3.20. The highest BCUT2D eigenvalue weighted by atomic mass is 35.5. The Hall–Kier alpha value is -0.770. The maximum absolute atomic E-state index is 12.5. The number of halogens is 2. The number of benzene rings is 1. The van der Waals surface area contributed by atoms with E-state index in [2.05, 4.69) is 5.32 Å². The van der Waals surface area contributed by atoms with Crippen LogP contribution < -0.4 is 10.2 Å². The van der Waals surface area contributed by atoms with E-state index in [4.69, 9.17) is 23.2 Å². The number of carbonyl (C=O) groups excluding carboxylic acids is 1. The van der Waals surface area contributed by atoms with Crippen LogP contribution in [0.15, 0.2) is 24.3 Å². The van der Waals surface area contributed by atoms with Crippen LogP contribution in [0.4, 0.5) is 5.69 Å². The summed E-state index contributed by atoms with van der Waals surface area (Å²) in [4.78, 5) is 14.4. The number of rotatable bonds is 5. The second kappa shape index (κ2) is 7.30. The fraction of sp³-hybridized carbons (Fsp3) is 0.533. The molecule has 1 aromatic carbocycles. The maximum Gasteiger partial charge on any atom is 0.228 e. The Kier molecular flexibility index (Phi) is 5.70. The molecule has 1 aliphatic carbocycles. The Bertz CT molecular complexity index is 450. The monoisotopic (exact) mass is 314 g/mol. The molecule has 2 atom stereocenters. The molecule has 5 heteroatoms. The zero-order valence-electron chi connectivity index (χ0n) is 11.6. The van der Waals surface area contributed by atoms with Gasteiger partial charge in [0.25, 0.3) is 0 Å². The first-order chi connectivity index (χ1) is 9.67. The summed E-state index contributed by atoms with van der Waals surface area (Å²) in [6.07, 6.45) is 3.60. The Morgan fingerprint density at radius 2 is 2.05 bits per heavy atom. The van der Waals surface area contributed by atoms with Gasteiger partial charge in [0.15, 0.2) is 0 Å². The zero-order chi connectivity index (χ0) is 14.5. The molecular weight excluding hydrogens is 295 g/mol. The van der Waals surface area contributed by atoms with Crippen molar-refractivity contribution in [3.05, 3.63) is 29.3 Å². The molecule has 1 amide bonds. The minimum absolute atomic E-state index is 0.0782. The molecule has 1 aliphatic rings. The Morgan fingerprint density at radius 3 is 2.65 bits per heavy atom. The number of hydrogen-bond donors (Lipinski definition) is 1. The van der Waals surface area contributed by atoms with Crippen LogP contribution in [0.3, 0.4) is 0 Å². The Balaban J connectivity index is 2.29. The highest BCUT2D eigenvalue weighted by Crippen LogP contribution is 2.30. The average molecular weight is 315 g/mol. The number of nitrogens with one attached hydrogen (secondary N) is 1. The lowest BCUT2D eigenvalue weighted by molar-refractivity contribution is -0.118. The third-order valence-electron chi connectivity index (χ3n) is 3.86. The lowest BCUT2D eigenvalue weighted by Gasteiger charge is -2.33. The molecule has 0 radical (unpaired) electrons. The van der Waals surface area contributed by atoms with Crippen LogP contribution in [0.1, 0.15) is 25.7 Å². The van der Waals surface area contributed by atoms with Crippen LogP contribution in [0.25, 0.3) is 0 Å². The highest BCUT2D eigenvalue weighted by Gasteiger charge is 2.34. The number of anilines is 1. The molecule has 0 spiro atoms. The van der Waals surface area contributed by atoms with Crippen molar-refractivity contribution in [1.29, 1.82) is 0 Å². The molecule has 2 rings (SSSR count). The van der Waals surface area contributed by atoms with Gasteiger partial charge in [-0.05, 0) is 50.6 Å². The van der Waals surface area contributed by atoms with E-state index in [-0.39, 0.29) is 11.9 Å². The number of hydrogen-bond acceptors (Lipinski definition) is 2. The van der Waals surface area contributed by atoms with Gasteiger partial charge in [0.05, 0.1) is 6.04 Å². The summed E-state index contributed by atoms with van der Waals surface area (Å²) in [5, 5.41) is 4.00. The molecule has 1 aromatic rings. The average Bonchev–Trinajstić information content (AvgIpc) is 2.90. The molecule has 1 N–H and O–H groups in total. The van der Waals surface area contributed by atoms with E-state index < -0.39 is 0 Å². The smallest absolute Gasteiger partial charge is 0.228 e. The molecule has 0 saturated heterocycles. The topological polar surface area (TPSA) is 32.3 Å². The van der Waals surface area contributed by atoms with E-state index in [0.29, 0.717) is 23.4 Å². The van der Waals surface area contributed by atoms with Crippen molar-refractivity contribution in [2.24, 2.45) is 0 Å². The van der Waals surface area contributed by atoms with Gasteiger partial charge in [-0.15, -0.1) is 11.6 Å². The number of likely N-dealkylation sites (N-methyl/N-ethyl adjacent to an activating group) is 1. The molecule has 0 aromatic heterocycles. The van der Waals surface area contributed by atoms with Crippen molar-refractivity contribution < 1.29 is 4.79 Å². The van der Waals surface area contributed by atoms with Gasteiger partial charge in [-0.2, -0.15) is 0 Å². The molecule has 0 bridgehead atoms. The number of carbonyl (C=O) groups is 1. The van der Waals surface area contributed by atoms with Crippen molar-refractivity contribution in [3.63, 3.8) is 0 Å². The third-order valence-corrected chi connectivity index (χ3v) is 4.30. The molecule has 20 heavy (non-hydrogen) atoms. The van der Waals surface area contributed by atoms with E-state index in [9.17, 15) is 4.79 Å². The predicted octanol–water partition coefficient (Wildman–Crippen LogP) is 3.44. The number of alkyl halides is 1. The maximum atomic E-state index is 12.5. The summed E-state index contributed by atoms with van der Waals surface area (Å²) in [7, 11) is 1.95. The van der Waals surface area contributed by atoms with Gasteiger partial charge in [0, 0.05) is 29.1 Å². The first-order valence-corrected chi connectivity index (χ1v) is 7.89. The van der Waals surface area contributed by atoms with Crippen molar-refractivity contribution in [1.82, 2.24) is 5.32 Å².